The van der Waals surface area contributed by atoms with Crippen molar-refractivity contribution in [1.29, 1.82) is 0 Å². The monoisotopic (exact) mass is 351 g/mol. The van der Waals surface area contributed by atoms with Crippen molar-refractivity contribution in [3.8, 4) is 11.5 Å². The maximum absolute atomic E-state index is 10.2. The fourth-order valence-electron chi connectivity index (χ4n) is 2.74. The van der Waals surface area contributed by atoms with Gasteiger partial charge in [-0.15, -0.1) is 10.2 Å². The number of hydrogen-bond acceptors (Lipinski definition) is 5. The summed E-state index contributed by atoms with van der Waals surface area (Å²) in [6, 6.07) is 7.76. The number of hydrogen-bond donors (Lipinski definition) is 1. The Kier molecular flexibility index (Phi) is 4.10. The van der Waals surface area contributed by atoms with Gasteiger partial charge in [0.15, 0.2) is 0 Å². The van der Waals surface area contributed by atoms with Crippen LogP contribution < -0.4 is 0 Å². The molecule has 2 aromatic rings. The second kappa shape index (κ2) is 5.87. The molecule has 1 aliphatic heterocycles. The topological polar surface area (TPSA) is 62.4 Å². The molecule has 112 valence electrons. The van der Waals surface area contributed by atoms with E-state index in [4.69, 9.17) is 4.42 Å². The van der Waals surface area contributed by atoms with Crippen molar-refractivity contribution in [1.82, 2.24) is 15.1 Å². The van der Waals surface area contributed by atoms with Gasteiger partial charge in [-0.25, -0.2) is 0 Å². The van der Waals surface area contributed by atoms with Gasteiger partial charge in [-0.2, -0.15) is 0 Å². The molecule has 0 saturated carbocycles. The largest absolute Gasteiger partial charge is 0.419 e. The van der Waals surface area contributed by atoms with E-state index in [-0.39, 0.29) is 0 Å². The molecular formula is C15H18BrN3O2. The molecule has 0 bridgehead atoms. The summed E-state index contributed by atoms with van der Waals surface area (Å²) in [5, 5.41) is 18.3. The molecule has 0 unspecified atom stereocenters. The summed E-state index contributed by atoms with van der Waals surface area (Å²) in [7, 11) is 0. The molecule has 0 radical (unpaired) electrons. The van der Waals surface area contributed by atoms with Crippen LogP contribution in [-0.2, 0) is 6.54 Å². The van der Waals surface area contributed by atoms with E-state index >= 15 is 0 Å². The number of halogens is 1. The standard InChI is InChI=1S/C15H18BrN3O2/c1-2-7-15(20)9-19(10-15)8-13-17-18-14(21-13)11-3-5-12(16)6-4-11/h3-6,20H,2,7-10H2,1H3. The highest BCUT2D eigenvalue weighted by Gasteiger charge is 2.40. The van der Waals surface area contributed by atoms with E-state index in [1.165, 1.54) is 0 Å². The molecule has 5 nitrogen and oxygen atoms in total. The Morgan fingerprint density at radius 2 is 2.00 bits per heavy atom. The van der Waals surface area contributed by atoms with Crippen molar-refractivity contribution in [2.45, 2.75) is 31.9 Å². The average Bonchev–Trinajstić information content (AvgIpc) is 2.87. The minimum atomic E-state index is -0.524. The summed E-state index contributed by atoms with van der Waals surface area (Å²) < 4.78 is 6.70. The van der Waals surface area contributed by atoms with Crippen LogP contribution in [0.4, 0.5) is 0 Å². The summed E-state index contributed by atoms with van der Waals surface area (Å²) in [5.41, 5.74) is 0.381. The highest BCUT2D eigenvalue weighted by atomic mass is 79.9. The van der Waals surface area contributed by atoms with Gasteiger partial charge in [0.25, 0.3) is 0 Å². The van der Waals surface area contributed by atoms with Crippen LogP contribution in [0.1, 0.15) is 25.7 Å². The van der Waals surface area contributed by atoms with Gasteiger partial charge in [0, 0.05) is 23.1 Å². The van der Waals surface area contributed by atoms with Crippen LogP contribution in [0.15, 0.2) is 33.2 Å². The number of nitrogens with zero attached hydrogens (tertiary/aromatic N) is 3. The van der Waals surface area contributed by atoms with Crippen LogP contribution in [0, 0.1) is 0 Å². The van der Waals surface area contributed by atoms with Crippen molar-refractivity contribution >= 4 is 15.9 Å². The van der Waals surface area contributed by atoms with Gasteiger partial charge in [-0.1, -0.05) is 29.3 Å². The van der Waals surface area contributed by atoms with E-state index in [9.17, 15) is 5.11 Å². The lowest BCUT2D eigenvalue weighted by atomic mass is 9.89. The third-order valence-electron chi connectivity index (χ3n) is 3.67. The number of rotatable bonds is 5. The predicted octanol–water partition coefficient (Wildman–Crippen LogP) is 2.85. The number of likely N-dealkylation sites (tertiary alicyclic amines) is 1. The molecule has 1 aliphatic rings. The van der Waals surface area contributed by atoms with Crippen molar-refractivity contribution in [3.05, 3.63) is 34.6 Å². The van der Waals surface area contributed by atoms with Gasteiger partial charge in [0.05, 0.1) is 12.1 Å². The van der Waals surface area contributed by atoms with E-state index in [1.54, 1.807) is 0 Å². The lowest BCUT2D eigenvalue weighted by molar-refractivity contribution is -0.109. The molecule has 0 atom stereocenters. The lowest BCUT2D eigenvalue weighted by Crippen LogP contribution is -2.60. The fraction of sp³-hybridized carbons (Fsp3) is 0.467. The smallest absolute Gasteiger partial charge is 0.247 e. The third kappa shape index (κ3) is 3.33. The molecule has 3 rings (SSSR count). The summed E-state index contributed by atoms with van der Waals surface area (Å²) in [5.74, 6) is 1.12. The van der Waals surface area contributed by atoms with Crippen LogP contribution in [-0.4, -0.2) is 38.9 Å². The summed E-state index contributed by atoms with van der Waals surface area (Å²) in [6.45, 7) is 4.03. The summed E-state index contributed by atoms with van der Waals surface area (Å²) in [4.78, 5) is 2.12. The van der Waals surface area contributed by atoms with Crippen LogP contribution in [0.3, 0.4) is 0 Å². The van der Waals surface area contributed by atoms with Gasteiger partial charge in [-0.05, 0) is 30.7 Å². The third-order valence-corrected chi connectivity index (χ3v) is 4.20. The maximum Gasteiger partial charge on any atom is 0.247 e. The minimum Gasteiger partial charge on any atom is -0.419 e. The Morgan fingerprint density at radius 1 is 1.29 bits per heavy atom. The Hall–Kier alpha value is -1.24. The normalized spacial score (nSPS) is 17.7. The first kappa shape index (κ1) is 14.7. The Balaban J connectivity index is 1.60. The van der Waals surface area contributed by atoms with Gasteiger partial charge >= 0.3 is 0 Å². The van der Waals surface area contributed by atoms with Gasteiger partial charge < -0.3 is 9.52 Å². The van der Waals surface area contributed by atoms with Crippen LogP contribution >= 0.6 is 15.9 Å². The van der Waals surface area contributed by atoms with Crippen molar-refractivity contribution in [2.24, 2.45) is 0 Å². The zero-order valence-corrected chi connectivity index (χ0v) is 13.5. The first-order valence-electron chi connectivity index (χ1n) is 7.11. The zero-order valence-electron chi connectivity index (χ0n) is 11.9. The van der Waals surface area contributed by atoms with Gasteiger partial charge in [-0.3, -0.25) is 4.90 Å². The molecule has 1 aromatic carbocycles. The van der Waals surface area contributed by atoms with Crippen LogP contribution in [0.2, 0.25) is 0 Å². The van der Waals surface area contributed by atoms with E-state index < -0.39 is 5.60 Å². The molecule has 21 heavy (non-hydrogen) atoms. The zero-order chi connectivity index (χ0) is 14.9. The minimum absolute atomic E-state index is 0.524. The van der Waals surface area contributed by atoms with E-state index in [1.807, 2.05) is 24.3 Å². The summed E-state index contributed by atoms with van der Waals surface area (Å²) in [6.07, 6.45) is 1.84. The average molecular weight is 352 g/mol. The van der Waals surface area contributed by atoms with E-state index in [2.05, 4.69) is 38.0 Å². The number of aromatic nitrogens is 2. The highest BCUT2D eigenvalue weighted by Crippen LogP contribution is 2.27. The number of β-amino-alcohol motifs (C(OH)–C–C–N with tert-alkyl or cyclic N) is 1. The first-order valence-corrected chi connectivity index (χ1v) is 7.90. The van der Waals surface area contributed by atoms with Crippen LogP contribution in [0.25, 0.3) is 11.5 Å². The van der Waals surface area contributed by atoms with E-state index in [0.29, 0.717) is 31.4 Å². The highest BCUT2D eigenvalue weighted by molar-refractivity contribution is 9.10. The molecule has 1 aromatic heterocycles. The Bertz CT molecular complexity index is 606. The number of aliphatic hydroxyl groups is 1. The lowest BCUT2D eigenvalue weighted by Gasteiger charge is -2.46. The maximum atomic E-state index is 10.2. The quantitative estimate of drug-likeness (QED) is 0.897. The molecule has 1 saturated heterocycles. The van der Waals surface area contributed by atoms with Crippen molar-refractivity contribution < 1.29 is 9.52 Å². The number of benzene rings is 1. The van der Waals surface area contributed by atoms with Gasteiger partial charge in [0.2, 0.25) is 11.8 Å². The molecule has 6 heteroatoms. The first-order chi connectivity index (χ1) is 10.1. The Morgan fingerprint density at radius 3 is 2.67 bits per heavy atom. The predicted molar refractivity (Wildman–Crippen MR) is 82.6 cm³/mol. The van der Waals surface area contributed by atoms with E-state index in [0.717, 1.165) is 22.9 Å². The fourth-order valence-corrected chi connectivity index (χ4v) is 3.00. The molecular weight excluding hydrogens is 334 g/mol. The summed E-state index contributed by atoms with van der Waals surface area (Å²) >= 11 is 3.40. The Labute approximate surface area is 132 Å². The van der Waals surface area contributed by atoms with Crippen molar-refractivity contribution in [2.75, 3.05) is 13.1 Å². The van der Waals surface area contributed by atoms with Crippen molar-refractivity contribution in [3.63, 3.8) is 0 Å². The second-order valence-corrected chi connectivity index (χ2v) is 6.54. The van der Waals surface area contributed by atoms with Gasteiger partial charge in [0.1, 0.15) is 0 Å². The molecule has 2 heterocycles. The van der Waals surface area contributed by atoms with Crippen LogP contribution in [0.5, 0.6) is 0 Å². The molecule has 1 fully saturated rings. The second-order valence-electron chi connectivity index (χ2n) is 5.63. The SMILES string of the molecule is CCCC1(O)CN(Cc2nnc(-c3ccc(Br)cc3)o2)C1. The molecule has 0 aliphatic carbocycles. The molecule has 0 amide bonds. The molecule has 0 spiro atoms. The molecule has 1 N–H and O–H groups in total.